The van der Waals surface area contributed by atoms with Crippen molar-refractivity contribution in [1.29, 1.82) is 0 Å². The third kappa shape index (κ3) is 1.04. The molecule has 68 valence electrons. The maximum Gasteiger partial charge on any atom is 0.320 e. The Morgan fingerprint density at radius 3 is 2.67 bits per heavy atom. The van der Waals surface area contributed by atoms with Gasteiger partial charge in [-0.1, -0.05) is 0 Å². The van der Waals surface area contributed by atoms with Crippen molar-refractivity contribution in [2.75, 3.05) is 0 Å². The number of fused-ring (bicyclic) bond motifs is 1. The first kappa shape index (κ1) is 8.05. The number of hydrogen-bond acceptors (Lipinski definition) is 2. The molecule has 2 saturated heterocycles. The van der Waals surface area contributed by atoms with Crippen LogP contribution in [-0.4, -0.2) is 34.1 Å². The first-order valence-corrected chi connectivity index (χ1v) is 4.70. The smallest absolute Gasteiger partial charge is 0.320 e. The molecule has 0 amide bonds. The van der Waals surface area contributed by atoms with Gasteiger partial charge in [0.05, 0.1) is 0 Å². The van der Waals surface area contributed by atoms with Gasteiger partial charge < -0.3 is 5.11 Å². The molecule has 2 fully saturated rings. The average Bonchev–Trinajstić information content (AvgIpc) is 2.53. The maximum atomic E-state index is 10.8. The van der Waals surface area contributed by atoms with Crippen LogP contribution in [0.1, 0.15) is 32.6 Å². The van der Waals surface area contributed by atoms with Crippen molar-refractivity contribution in [2.45, 2.75) is 50.7 Å². The minimum Gasteiger partial charge on any atom is -0.480 e. The summed E-state index contributed by atoms with van der Waals surface area (Å²) in [5.41, 5.74) is 0. The van der Waals surface area contributed by atoms with Crippen molar-refractivity contribution in [3.63, 3.8) is 0 Å². The summed E-state index contributed by atoms with van der Waals surface area (Å²) >= 11 is 0. The molecule has 0 spiro atoms. The first-order chi connectivity index (χ1) is 5.70. The highest BCUT2D eigenvalue weighted by atomic mass is 16.4. The second-order valence-electron chi connectivity index (χ2n) is 3.96. The minimum absolute atomic E-state index is 0.188. The first-order valence-electron chi connectivity index (χ1n) is 4.70. The molecule has 0 unspecified atom stereocenters. The molecule has 2 heterocycles. The zero-order chi connectivity index (χ0) is 8.72. The largest absolute Gasteiger partial charge is 0.480 e. The molecule has 1 N–H and O–H groups in total. The van der Waals surface area contributed by atoms with Gasteiger partial charge in [0.1, 0.15) is 6.04 Å². The van der Waals surface area contributed by atoms with Crippen LogP contribution >= 0.6 is 0 Å². The van der Waals surface area contributed by atoms with Gasteiger partial charge in [-0.2, -0.15) is 0 Å². The van der Waals surface area contributed by atoms with Crippen molar-refractivity contribution in [3.8, 4) is 0 Å². The van der Waals surface area contributed by atoms with E-state index in [0.717, 1.165) is 12.8 Å². The molecule has 2 rings (SSSR count). The van der Waals surface area contributed by atoms with Gasteiger partial charge in [0, 0.05) is 12.1 Å². The zero-order valence-electron chi connectivity index (χ0n) is 7.36. The lowest BCUT2D eigenvalue weighted by molar-refractivity contribution is -0.142. The molecule has 3 nitrogen and oxygen atoms in total. The second kappa shape index (κ2) is 2.73. The zero-order valence-corrected chi connectivity index (χ0v) is 7.36. The van der Waals surface area contributed by atoms with Crippen molar-refractivity contribution in [1.82, 2.24) is 4.90 Å². The number of carbonyl (C=O) groups is 1. The number of rotatable bonds is 1. The third-order valence-electron chi connectivity index (χ3n) is 3.27. The molecule has 3 heteroatoms. The van der Waals surface area contributed by atoms with Crippen LogP contribution in [0.3, 0.4) is 0 Å². The topological polar surface area (TPSA) is 40.5 Å². The van der Waals surface area contributed by atoms with Crippen LogP contribution in [0.25, 0.3) is 0 Å². The highest BCUT2D eigenvalue weighted by molar-refractivity contribution is 5.74. The molecule has 0 radical (unpaired) electrons. The van der Waals surface area contributed by atoms with Crippen LogP contribution in [0.4, 0.5) is 0 Å². The molecule has 0 aromatic carbocycles. The van der Waals surface area contributed by atoms with Crippen LogP contribution in [0.2, 0.25) is 0 Å². The molecular weight excluding hydrogens is 154 g/mol. The van der Waals surface area contributed by atoms with Gasteiger partial charge in [0.25, 0.3) is 0 Å². The van der Waals surface area contributed by atoms with Gasteiger partial charge in [-0.25, -0.2) is 0 Å². The Morgan fingerprint density at radius 1 is 1.33 bits per heavy atom. The van der Waals surface area contributed by atoms with Gasteiger partial charge in [-0.3, -0.25) is 9.69 Å². The van der Waals surface area contributed by atoms with Crippen LogP contribution < -0.4 is 0 Å². The number of aliphatic carboxylic acids is 1. The quantitative estimate of drug-likeness (QED) is 0.638. The van der Waals surface area contributed by atoms with Gasteiger partial charge in [-0.05, 0) is 32.6 Å². The fourth-order valence-corrected chi connectivity index (χ4v) is 2.70. The number of carboxylic acid groups (broad SMARTS) is 1. The number of hydrogen-bond donors (Lipinski definition) is 1. The summed E-state index contributed by atoms with van der Waals surface area (Å²) in [7, 11) is 0. The van der Waals surface area contributed by atoms with E-state index in [1.54, 1.807) is 0 Å². The molecule has 0 aromatic rings. The molecule has 12 heavy (non-hydrogen) atoms. The fraction of sp³-hybridized carbons (Fsp3) is 0.889. The Balaban J connectivity index is 2.14. The highest BCUT2D eigenvalue weighted by Crippen LogP contribution is 2.36. The van der Waals surface area contributed by atoms with Crippen LogP contribution in [0, 0.1) is 0 Å². The highest BCUT2D eigenvalue weighted by Gasteiger charge is 2.43. The second-order valence-corrected chi connectivity index (χ2v) is 3.96. The van der Waals surface area contributed by atoms with Gasteiger partial charge in [0.15, 0.2) is 0 Å². The van der Waals surface area contributed by atoms with Gasteiger partial charge in [-0.15, -0.1) is 0 Å². The van der Waals surface area contributed by atoms with Crippen molar-refractivity contribution >= 4 is 5.97 Å². The third-order valence-corrected chi connectivity index (χ3v) is 3.27. The lowest BCUT2D eigenvalue weighted by Crippen LogP contribution is -2.41. The average molecular weight is 169 g/mol. The molecule has 0 bridgehead atoms. The molecule has 2 aliphatic rings. The predicted molar refractivity (Wildman–Crippen MR) is 45.0 cm³/mol. The SMILES string of the molecule is C[C@@H]1CC[C@@H]2CC[C@@H](C(=O)O)N21. The van der Waals surface area contributed by atoms with Crippen LogP contribution in [-0.2, 0) is 4.79 Å². The van der Waals surface area contributed by atoms with E-state index in [1.807, 2.05) is 0 Å². The Labute approximate surface area is 72.4 Å². The Bertz CT molecular complexity index is 205. The van der Waals surface area contributed by atoms with Gasteiger partial charge in [0.2, 0.25) is 0 Å². The van der Waals surface area contributed by atoms with E-state index < -0.39 is 5.97 Å². The molecule has 0 aliphatic carbocycles. The normalized spacial score (nSPS) is 41.6. The van der Waals surface area contributed by atoms with E-state index in [1.165, 1.54) is 12.8 Å². The standard InChI is InChI=1S/C9H15NO2/c1-6-2-3-7-4-5-8(9(11)12)10(6)7/h6-8H,2-5H2,1H3,(H,11,12)/t6-,7-,8+/m1/s1. The monoisotopic (exact) mass is 169 g/mol. The van der Waals surface area contributed by atoms with Gasteiger partial charge >= 0.3 is 5.97 Å². The summed E-state index contributed by atoms with van der Waals surface area (Å²) in [4.78, 5) is 13.0. The molecule has 2 aliphatic heterocycles. The Kier molecular flexibility index (Phi) is 1.83. The summed E-state index contributed by atoms with van der Waals surface area (Å²) in [6, 6.07) is 0.868. The van der Waals surface area contributed by atoms with E-state index in [0.29, 0.717) is 12.1 Å². The van der Waals surface area contributed by atoms with Crippen molar-refractivity contribution in [3.05, 3.63) is 0 Å². The molecule has 0 saturated carbocycles. The molecule has 3 atom stereocenters. The van der Waals surface area contributed by atoms with Crippen LogP contribution in [0.15, 0.2) is 0 Å². The van der Waals surface area contributed by atoms with E-state index in [-0.39, 0.29) is 6.04 Å². The van der Waals surface area contributed by atoms with Crippen molar-refractivity contribution in [2.24, 2.45) is 0 Å². The summed E-state index contributed by atoms with van der Waals surface area (Å²) in [6.45, 7) is 2.14. The van der Waals surface area contributed by atoms with Crippen LogP contribution in [0.5, 0.6) is 0 Å². The number of carboxylic acids is 1. The summed E-state index contributed by atoms with van der Waals surface area (Å²) in [5.74, 6) is -0.633. The minimum atomic E-state index is -0.633. The van der Waals surface area contributed by atoms with E-state index in [4.69, 9.17) is 5.11 Å². The number of nitrogens with zero attached hydrogens (tertiary/aromatic N) is 1. The molecular formula is C9H15NO2. The Morgan fingerprint density at radius 2 is 2.00 bits per heavy atom. The van der Waals surface area contributed by atoms with E-state index in [2.05, 4.69) is 11.8 Å². The van der Waals surface area contributed by atoms with E-state index >= 15 is 0 Å². The lowest BCUT2D eigenvalue weighted by atomic mass is 10.1. The summed E-state index contributed by atoms with van der Waals surface area (Å²) in [5, 5.41) is 8.94. The molecule has 0 aromatic heterocycles. The summed E-state index contributed by atoms with van der Waals surface area (Å²) < 4.78 is 0. The summed E-state index contributed by atoms with van der Waals surface area (Å²) in [6.07, 6.45) is 4.31. The lowest BCUT2D eigenvalue weighted by Gasteiger charge is -2.25. The fourth-order valence-electron chi connectivity index (χ4n) is 2.70. The predicted octanol–water partition coefficient (Wildman–Crippen LogP) is 1.09. The Hall–Kier alpha value is -0.570. The van der Waals surface area contributed by atoms with Crippen molar-refractivity contribution < 1.29 is 9.90 Å². The van der Waals surface area contributed by atoms with E-state index in [9.17, 15) is 4.79 Å². The maximum absolute atomic E-state index is 10.8.